The van der Waals surface area contributed by atoms with Crippen molar-refractivity contribution >= 4 is 23.2 Å². The van der Waals surface area contributed by atoms with Gasteiger partial charge in [-0.25, -0.2) is 9.78 Å². The molecule has 1 aromatic heterocycles. The lowest BCUT2D eigenvalue weighted by Gasteiger charge is -2.32. The Bertz CT molecular complexity index is 1360. The summed E-state index contributed by atoms with van der Waals surface area (Å²) in [6.07, 6.45) is -2.76. The second-order valence-corrected chi connectivity index (χ2v) is 9.58. The average molecular weight is 500 g/mol. The van der Waals surface area contributed by atoms with Crippen LogP contribution < -0.4 is 19.5 Å². The van der Waals surface area contributed by atoms with Crippen LogP contribution >= 0.6 is 11.3 Å². The Morgan fingerprint density at radius 2 is 1.86 bits per heavy atom. The van der Waals surface area contributed by atoms with E-state index in [1.807, 2.05) is 18.2 Å². The molecule has 2 aliphatic heterocycles. The Morgan fingerprint density at radius 1 is 1.09 bits per heavy atom. The molecule has 0 saturated heterocycles. The second-order valence-electron chi connectivity index (χ2n) is 8.69. The summed E-state index contributed by atoms with van der Waals surface area (Å²) in [5, 5.41) is 14.3. The monoisotopic (exact) mass is 500 g/mol. The van der Waals surface area contributed by atoms with Crippen molar-refractivity contribution in [2.45, 2.75) is 43.1 Å². The summed E-state index contributed by atoms with van der Waals surface area (Å²) in [6.45, 7) is 0. The van der Waals surface area contributed by atoms with Crippen LogP contribution in [0, 0.1) is 0 Å². The van der Waals surface area contributed by atoms with Gasteiger partial charge in [-0.05, 0) is 36.6 Å². The van der Waals surface area contributed by atoms with Gasteiger partial charge in [0, 0.05) is 17.4 Å². The van der Waals surface area contributed by atoms with Gasteiger partial charge >= 0.3 is 12.3 Å². The summed E-state index contributed by atoms with van der Waals surface area (Å²) in [6, 6.07) is 11.3. The molecule has 0 unspecified atom stereocenters. The summed E-state index contributed by atoms with van der Waals surface area (Å²) in [4.78, 5) is 28.9. The highest BCUT2D eigenvalue weighted by molar-refractivity contribution is 7.09. The number of thiazole rings is 1. The number of carboxylic acid groups (broad SMARTS) is 1. The molecule has 1 fully saturated rings. The third kappa shape index (κ3) is 3.75. The predicted molar refractivity (Wildman–Crippen MR) is 118 cm³/mol. The van der Waals surface area contributed by atoms with Gasteiger partial charge in [0.2, 0.25) is 5.91 Å². The van der Waals surface area contributed by atoms with Gasteiger partial charge < -0.3 is 24.6 Å². The summed E-state index contributed by atoms with van der Waals surface area (Å²) >= 11 is 1.19. The number of aromatic nitrogens is 1. The first-order valence-electron chi connectivity index (χ1n) is 10.9. The molecule has 1 aliphatic carbocycles. The minimum Gasteiger partial charge on any atom is -0.483 e. The number of rotatable bonds is 5. The normalized spacial score (nSPS) is 22.6. The van der Waals surface area contributed by atoms with Crippen molar-refractivity contribution in [2.24, 2.45) is 0 Å². The molecule has 35 heavy (non-hydrogen) atoms. The van der Waals surface area contributed by atoms with Gasteiger partial charge in [0.25, 0.3) is 0 Å². The van der Waals surface area contributed by atoms with E-state index in [-0.39, 0.29) is 23.1 Å². The molecule has 3 aliphatic rings. The third-order valence-corrected chi connectivity index (χ3v) is 7.41. The fraction of sp³-hybridized carbons (Fsp3) is 0.292. The Balaban J connectivity index is 1.26. The van der Waals surface area contributed by atoms with E-state index in [2.05, 4.69) is 19.8 Å². The molecule has 2 atom stereocenters. The summed E-state index contributed by atoms with van der Waals surface area (Å²) in [5.41, 5.74) is 0.473. The number of carboxylic acids is 1. The highest BCUT2D eigenvalue weighted by Gasteiger charge is 2.53. The lowest BCUT2D eigenvalue weighted by Crippen LogP contribution is -2.39. The van der Waals surface area contributed by atoms with E-state index in [1.54, 1.807) is 12.1 Å². The topological polar surface area (TPSA) is 107 Å². The number of halogens is 2. The second kappa shape index (κ2) is 7.64. The van der Waals surface area contributed by atoms with Crippen molar-refractivity contribution in [3.05, 3.63) is 69.7 Å². The Hall–Kier alpha value is -3.73. The number of benzene rings is 2. The number of hydrogen-bond acceptors (Lipinski definition) is 7. The zero-order valence-electron chi connectivity index (χ0n) is 18.0. The van der Waals surface area contributed by atoms with Crippen LogP contribution in [0.25, 0.3) is 0 Å². The molecular weight excluding hydrogens is 482 g/mol. The number of carbonyl (C=O) groups is 2. The maximum Gasteiger partial charge on any atom is 0.586 e. The van der Waals surface area contributed by atoms with Crippen LogP contribution in [0.4, 0.5) is 8.78 Å². The molecule has 0 bridgehead atoms. The minimum absolute atomic E-state index is 0.0571. The van der Waals surface area contributed by atoms with Gasteiger partial charge in [-0.15, -0.1) is 20.1 Å². The zero-order valence-corrected chi connectivity index (χ0v) is 18.8. The number of nitrogens with zero attached hydrogens (tertiary/aromatic N) is 1. The van der Waals surface area contributed by atoms with Gasteiger partial charge in [-0.3, -0.25) is 4.79 Å². The molecule has 2 N–H and O–H groups in total. The first kappa shape index (κ1) is 21.8. The molecule has 8 nitrogen and oxygen atoms in total. The van der Waals surface area contributed by atoms with E-state index >= 15 is 0 Å². The van der Waals surface area contributed by atoms with Crippen molar-refractivity contribution < 1.29 is 37.7 Å². The third-order valence-electron chi connectivity index (χ3n) is 6.47. The molecule has 3 aromatic rings. The number of aromatic carboxylic acids is 1. The Labute approximate surface area is 201 Å². The Kier molecular flexibility index (Phi) is 4.75. The zero-order chi connectivity index (χ0) is 24.4. The van der Waals surface area contributed by atoms with Gasteiger partial charge in [0.1, 0.15) is 10.8 Å². The molecule has 0 spiro atoms. The van der Waals surface area contributed by atoms with E-state index in [1.165, 1.54) is 28.8 Å². The number of nitrogens with one attached hydrogen (secondary N) is 1. The fourth-order valence-electron chi connectivity index (χ4n) is 4.55. The number of fused-ring (bicyclic) bond motifs is 2. The van der Waals surface area contributed by atoms with Crippen LogP contribution in [0.15, 0.2) is 47.8 Å². The minimum atomic E-state index is -3.73. The number of para-hydroxylation sites is 1. The number of hydrogen-bond donors (Lipinski definition) is 2. The van der Waals surface area contributed by atoms with E-state index in [4.69, 9.17) is 4.74 Å². The van der Waals surface area contributed by atoms with E-state index < -0.39 is 29.8 Å². The van der Waals surface area contributed by atoms with Crippen molar-refractivity contribution in [3.8, 4) is 17.2 Å². The standard InChI is InChI=1S/C24H18F2N2O6S/c25-24(26)33-17-6-5-12(9-18(17)34-24)23(7-8-23)22(31)28-14-10-19(20-27-15(11-35-20)21(29)30)32-16-4-2-1-3-13(14)16/h1-6,9,11,14,19H,7-8,10H2,(H,28,31)(H,29,30)/t14-,19+/m0/s1. The van der Waals surface area contributed by atoms with Gasteiger partial charge in [0.15, 0.2) is 23.3 Å². The Morgan fingerprint density at radius 3 is 2.60 bits per heavy atom. The molecule has 0 radical (unpaired) electrons. The van der Waals surface area contributed by atoms with Crippen LogP contribution in [-0.2, 0) is 10.2 Å². The molecule has 1 saturated carbocycles. The first-order chi connectivity index (χ1) is 16.7. The van der Waals surface area contributed by atoms with Gasteiger partial charge in [-0.2, -0.15) is 0 Å². The molecule has 2 aromatic carbocycles. The highest BCUT2D eigenvalue weighted by atomic mass is 32.1. The maximum atomic E-state index is 13.5. The lowest BCUT2D eigenvalue weighted by molar-refractivity contribution is -0.286. The van der Waals surface area contributed by atoms with Crippen LogP contribution in [-0.4, -0.2) is 28.3 Å². The number of alkyl halides is 2. The fourth-order valence-corrected chi connectivity index (χ4v) is 5.39. The summed E-state index contributed by atoms with van der Waals surface area (Å²) in [7, 11) is 0. The molecule has 3 heterocycles. The van der Waals surface area contributed by atoms with Crippen molar-refractivity contribution in [1.82, 2.24) is 10.3 Å². The van der Waals surface area contributed by atoms with Crippen LogP contribution in [0.1, 0.15) is 58.0 Å². The van der Waals surface area contributed by atoms with Crippen molar-refractivity contribution in [3.63, 3.8) is 0 Å². The van der Waals surface area contributed by atoms with Crippen molar-refractivity contribution in [2.75, 3.05) is 0 Å². The van der Waals surface area contributed by atoms with Crippen molar-refractivity contribution in [1.29, 1.82) is 0 Å². The quantitative estimate of drug-likeness (QED) is 0.528. The summed E-state index contributed by atoms with van der Waals surface area (Å²) in [5.74, 6) is -0.933. The number of amides is 1. The smallest absolute Gasteiger partial charge is 0.483 e. The van der Waals surface area contributed by atoms with Crippen LogP contribution in [0.5, 0.6) is 17.2 Å². The predicted octanol–water partition coefficient (Wildman–Crippen LogP) is 4.58. The molecule has 11 heteroatoms. The van der Waals surface area contributed by atoms with Crippen LogP contribution in [0.3, 0.4) is 0 Å². The van der Waals surface area contributed by atoms with E-state index in [0.29, 0.717) is 35.6 Å². The molecular formula is C24H18F2N2O6S. The molecule has 180 valence electrons. The highest BCUT2D eigenvalue weighted by Crippen LogP contribution is 2.52. The molecule has 1 amide bonds. The maximum absolute atomic E-state index is 13.5. The number of ether oxygens (including phenoxy) is 3. The largest absolute Gasteiger partial charge is 0.586 e. The average Bonchev–Trinajstić information content (AvgIpc) is 3.36. The van der Waals surface area contributed by atoms with Gasteiger partial charge in [0.05, 0.1) is 11.5 Å². The lowest BCUT2D eigenvalue weighted by atomic mass is 9.91. The first-order valence-corrected chi connectivity index (χ1v) is 11.8. The number of carbonyl (C=O) groups excluding carboxylic acids is 1. The van der Waals surface area contributed by atoms with Gasteiger partial charge in [-0.1, -0.05) is 24.3 Å². The van der Waals surface area contributed by atoms with E-state index in [0.717, 1.165) is 5.56 Å². The molecule has 6 rings (SSSR count). The van der Waals surface area contributed by atoms with E-state index in [9.17, 15) is 23.5 Å². The SMILES string of the molecule is O=C(O)c1csc([C@H]2C[C@H](NC(=O)C3(c4ccc5c(c4)OC(F)(F)O5)CC3)c3ccccc3O2)n1. The van der Waals surface area contributed by atoms with Crippen LogP contribution in [0.2, 0.25) is 0 Å². The summed E-state index contributed by atoms with van der Waals surface area (Å²) < 4.78 is 42.0.